The average molecular weight is 441 g/mol. The third-order valence-corrected chi connectivity index (χ3v) is 7.69. The molecule has 0 spiro atoms. The van der Waals surface area contributed by atoms with Crippen molar-refractivity contribution < 1.29 is 14.7 Å². The first-order valence-corrected chi connectivity index (χ1v) is 11.2. The molecule has 0 aromatic heterocycles. The highest BCUT2D eigenvalue weighted by molar-refractivity contribution is 6.30. The maximum atomic E-state index is 12.3. The van der Waals surface area contributed by atoms with Crippen LogP contribution in [0.1, 0.15) is 37.3 Å². The molecule has 1 aliphatic carbocycles. The van der Waals surface area contributed by atoms with Gasteiger partial charge in [-0.25, -0.2) is 0 Å². The number of hydrogen-bond donors (Lipinski definition) is 1. The molecule has 2 aromatic carbocycles. The number of rotatable bonds is 6. The van der Waals surface area contributed by atoms with Crippen LogP contribution >= 0.6 is 11.6 Å². The maximum absolute atomic E-state index is 12.3. The van der Waals surface area contributed by atoms with E-state index in [-0.39, 0.29) is 17.4 Å². The van der Waals surface area contributed by atoms with Gasteiger partial charge in [0.1, 0.15) is 0 Å². The van der Waals surface area contributed by atoms with Gasteiger partial charge in [-0.3, -0.25) is 9.59 Å². The van der Waals surface area contributed by atoms with Crippen LogP contribution in [0, 0.1) is 5.92 Å². The Morgan fingerprint density at radius 3 is 2.23 bits per heavy atom. The Balaban J connectivity index is 1.48. The van der Waals surface area contributed by atoms with Crippen molar-refractivity contribution >= 4 is 23.5 Å². The van der Waals surface area contributed by atoms with Crippen LogP contribution in [-0.4, -0.2) is 53.5 Å². The number of piperidine rings is 1. The predicted molar refractivity (Wildman–Crippen MR) is 121 cm³/mol. The number of amides is 1. The Morgan fingerprint density at radius 2 is 1.68 bits per heavy atom. The van der Waals surface area contributed by atoms with Gasteiger partial charge in [0.2, 0.25) is 5.91 Å². The second-order valence-corrected chi connectivity index (χ2v) is 9.40. The molecule has 2 unspecified atom stereocenters. The van der Waals surface area contributed by atoms with Crippen molar-refractivity contribution in [2.75, 3.05) is 26.7 Å². The molecule has 1 heterocycles. The lowest BCUT2D eigenvalue weighted by molar-refractivity contribution is -0.141. The first-order chi connectivity index (χ1) is 14.8. The molecule has 5 nitrogen and oxygen atoms in total. The van der Waals surface area contributed by atoms with Crippen molar-refractivity contribution in [3.63, 3.8) is 0 Å². The van der Waals surface area contributed by atoms with Gasteiger partial charge in [-0.15, -0.1) is 0 Å². The standard InChI is InChI=1S/C25H29ClN2O3/c1-18(29)27(2)24(19-6-4-3-5-7-19)12-14-28(15-13-24)17-21-16-25(21,23(30)31)20-8-10-22(26)11-9-20/h3-11,21H,12-17H2,1-2H3,(H,30,31). The molecule has 1 aliphatic heterocycles. The fraction of sp³-hybridized carbons (Fsp3) is 0.440. The Labute approximate surface area is 188 Å². The van der Waals surface area contributed by atoms with E-state index in [0.29, 0.717) is 11.4 Å². The van der Waals surface area contributed by atoms with Crippen LogP contribution in [0.2, 0.25) is 5.02 Å². The van der Waals surface area contributed by atoms with E-state index in [0.717, 1.165) is 38.0 Å². The largest absolute Gasteiger partial charge is 0.481 e. The first-order valence-electron chi connectivity index (χ1n) is 10.8. The highest BCUT2D eigenvalue weighted by Crippen LogP contribution is 2.55. The van der Waals surface area contributed by atoms with Crippen LogP contribution in [0.5, 0.6) is 0 Å². The SMILES string of the molecule is CC(=O)N(C)C1(c2ccccc2)CCN(CC2CC2(C(=O)O)c2ccc(Cl)cc2)CC1. The van der Waals surface area contributed by atoms with Gasteiger partial charge in [0, 0.05) is 38.6 Å². The van der Waals surface area contributed by atoms with Crippen LogP contribution in [0.3, 0.4) is 0 Å². The van der Waals surface area contributed by atoms with Crippen LogP contribution < -0.4 is 0 Å². The third kappa shape index (κ3) is 3.85. The Bertz CT molecular complexity index is 954. The molecule has 164 valence electrons. The van der Waals surface area contributed by atoms with E-state index in [9.17, 15) is 14.7 Å². The summed E-state index contributed by atoms with van der Waals surface area (Å²) in [5.41, 5.74) is 0.878. The van der Waals surface area contributed by atoms with Crippen molar-refractivity contribution in [3.05, 3.63) is 70.7 Å². The molecule has 31 heavy (non-hydrogen) atoms. The number of benzene rings is 2. The quantitative estimate of drug-likeness (QED) is 0.732. The summed E-state index contributed by atoms with van der Waals surface area (Å²) in [6.07, 6.45) is 2.32. The van der Waals surface area contributed by atoms with E-state index < -0.39 is 11.4 Å². The third-order valence-electron chi connectivity index (χ3n) is 7.43. The number of carboxylic acids is 1. The monoisotopic (exact) mass is 440 g/mol. The van der Waals surface area contributed by atoms with Crippen LogP contribution in [0.25, 0.3) is 0 Å². The fourth-order valence-corrected chi connectivity index (χ4v) is 5.45. The molecular formula is C25H29ClN2O3. The maximum Gasteiger partial charge on any atom is 0.314 e. The van der Waals surface area contributed by atoms with Gasteiger partial charge in [-0.1, -0.05) is 54.1 Å². The van der Waals surface area contributed by atoms with Crippen molar-refractivity contribution in [1.82, 2.24) is 9.80 Å². The molecule has 1 amide bonds. The van der Waals surface area contributed by atoms with Crippen molar-refractivity contribution in [3.8, 4) is 0 Å². The molecule has 4 rings (SSSR count). The van der Waals surface area contributed by atoms with E-state index >= 15 is 0 Å². The summed E-state index contributed by atoms with van der Waals surface area (Å²) in [6.45, 7) is 4.04. The highest BCUT2D eigenvalue weighted by Gasteiger charge is 2.61. The number of carbonyl (C=O) groups excluding carboxylic acids is 1. The number of carbonyl (C=O) groups is 2. The molecule has 6 heteroatoms. The highest BCUT2D eigenvalue weighted by atomic mass is 35.5. The Hall–Kier alpha value is -2.37. The number of halogens is 1. The van der Waals surface area contributed by atoms with Crippen molar-refractivity contribution in [1.29, 1.82) is 0 Å². The summed E-state index contributed by atoms with van der Waals surface area (Å²) in [7, 11) is 1.89. The molecule has 2 aliphatic rings. The smallest absolute Gasteiger partial charge is 0.314 e. The van der Waals surface area contributed by atoms with Crippen LogP contribution in [0.15, 0.2) is 54.6 Å². The number of aliphatic carboxylic acids is 1. The van der Waals surface area contributed by atoms with E-state index in [1.165, 1.54) is 5.56 Å². The molecule has 1 saturated carbocycles. The molecule has 0 radical (unpaired) electrons. The lowest BCUT2D eigenvalue weighted by Crippen LogP contribution is -2.53. The predicted octanol–water partition coefficient (Wildman–Crippen LogP) is 4.15. The summed E-state index contributed by atoms with van der Waals surface area (Å²) < 4.78 is 0. The molecule has 2 atom stereocenters. The number of likely N-dealkylation sites (tertiary alicyclic amines) is 1. The van der Waals surface area contributed by atoms with Gasteiger partial charge in [0.05, 0.1) is 11.0 Å². The zero-order chi connectivity index (χ0) is 22.2. The van der Waals surface area contributed by atoms with Crippen LogP contribution in [0.4, 0.5) is 0 Å². The van der Waals surface area contributed by atoms with E-state index in [2.05, 4.69) is 17.0 Å². The summed E-state index contributed by atoms with van der Waals surface area (Å²) in [4.78, 5) is 28.7. The Kier molecular flexibility index (Phi) is 5.84. The van der Waals surface area contributed by atoms with Gasteiger partial charge in [0.15, 0.2) is 0 Å². The minimum atomic E-state index is -0.811. The van der Waals surface area contributed by atoms with E-state index in [4.69, 9.17) is 11.6 Å². The fourth-order valence-electron chi connectivity index (χ4n) is 5.32. The lowest BCUT2D eigenvalue weighted by atomic mass is 9.79. The van der Waals surface area contributed by atoms with Crippen molar-refractivity contribution in [2.45, 2.75) is 37.1 Å². The van der Waals surface area contributed by atoms with Gasteiger partial charge < -0.3 is 14.9 Å². The molecule has 2 aromatic rings. The van der Waals surface area contributed by atoms with E-state index in [1.54, 1.807) is 19.1 Å². The normalized spacial score (nSPS) is 25.1. The van der Waals surface area contributed by atoms with Gasteiger partial charge in [-0.2, -0.15) is 0 Å². The van der Waals surface area contributed by atoms with Gasteiger partial charge in [-0.05, 0) is 48.4 Å². The molecule has 0 bridgehead atoms. The number of nitrogens with zero attached hydrogens (tertiary/aromatic N) is 2. The number of carboxylic acid groups (broad SMARTS) is 1. The molecule has 1 saturated heterocycles. The topological polar surface area (TPSA) is 60.9 Å². The minimum absolute atomic E-state index is 0.0622. The zero-order valence-electron chi connectivity index (χ0n) is 18.1. The molecular weight excluding hydrogens is 412 g/mol. The summed E-state index contributed by atoms with van der Waals surface area (Å²) >= 11 is 6.00. The van der Waals surface area contributed by atoms with Crippen LogP contribution in [-0.2, 0) is 20.5 Å². The minimum Gasteiger partial charge on any atom is -0.481 e. The molecule has 2 fully saturated rings. The first kappa shape index (κ1) is 21.8. The van der Waals surface area contributed by atoms with E-state index in [1.807, 2.05) is 42.3 Å². The second kappa shape index (κ2) is 8.29. The summed E-state index contributed by atoms with van der Waals surface area (Å²) in [5.74, 6) is -0.611. The van der Waals surface area contributed by atoms with Gasteiger partial charge in [0.25, 0.3) is 0 Å². The zero-order valence-corrected chi connectivity index (χ0v) is 18.8. The number of hydrogen-bond acceptors (Lipinski definition) is 3. The second-order valence-electron chi connectivity index (χ2n) is 8.96. The van der Waals surface area contributed by atoms with Gasteiger partial charge >= 0.3 is 5.97 Å². The Morgan fingerprint density at radius 1 is 1.06 bits per heavy atom. The van der Waals surface area contributed by atoms with Crippen molar-refractivity contribution in [2.24, 2.45) is 5.92 Å². The molecule has 1 N–H and O–H groups in total. The summed E-state index contributed by atoms with van der Waals surface area (Å²) in [5, 5.41) is 10.6. The lowest BCUT2D eigenvalue weighted by Gasteiger charge is -2.47. The summed E-state index contributed by atoms with van der Waals surface area (Å²) in [6, 6.07) is 17.5. The average Bonchev–Trinajstić information content (AvgIpc) is 3.50.